The molecule has 0 fully saturated rings. The maximum Gasteiger partial charge on any atom is 0.163 e. The summed E-state index contributed by atoms with van der Waals surface area (Å²) in [6.07, 6.45) is 0. The second kappa shape index (κ2) is 6.70. The molecule has 1 heterocycles. The largest absolute Gasteiger partial charge is 0.256 e. The summed E-state index contributed by atoms with van der Waals surface area (Å²) in [6, 6.07) is 20.9. The summed E-state index contributed by atoms with van der Waals surface area (Å²) in [7, 11) is 0. The number of hydrogen-bond donors (Lipinski definition) is 0. The van der Waals surface area contributed by atoms with Gasteiger partial charge in [0.2, 0.25) is 0 Å². The molecule has 0 spiro atoms. The Morgan fingerprint density at radius 2 is 1.82 bits per heavy atom. The second-order valence-corrected chi connectivity index (χ2v) is 4.95. The van der Waals surface area contributed by atoms with Crippen molar-refractivity contribution in [1.29, 1.82) is 5.26 Å². The minimum absolute atomic E-state index is 0. The molecule has 22 heavy (non-hydrogen) atoms. The molecule has 0 saturated carbocycles. The summed E-state index contributed by atoms with van der Waals surface area (Å²) in [4.78, 5) is 0. The number of nitriles is 1. The molecule has 0 aliphatic heterocycles. The van der Waals surface area contributed by atoms with E-state index in [1.807, 2.05) is 36.4 Å². The fourth-order valence-electron chi connectivity index (χ4n) is 2.53. The quantitative estimate of drug-likeness (QED) is 0.541. The van der Waals surface area contributed by atoms with Crippen molar-refractivity contribution in [3.63, 3.8) is 0 Å². The van der Waals surface area contributed by atoms with E-state index >= 15 is 0 Å². The number of para-hydroxylation sites is 1. The first-order chi connectivity index (χ1) is 10.2. The van der Waals surface area contributed by atoms with Crippen LogP contribution in [0.1, 0.15) is 16.8 Å². The Hall–Kier alpha value is -2.21. The molecule has 1 aromatic heterocycles. The molecule has 3 aromatic rings. The number of nitrogens with zero attached hydrogens (tertiary/aromatic N) is 3. The average molecular weight is 465 g/mol. The first-order valence-electron chi connectivity index (χ1n) is 6.74. The number of rotatable bonds is 2. The Morgan fingerprint density at radius 1 is 1.09 bits per heavy atom. The normalized spacial score (nSPS) is 9.86. The van der Waals surface area contributed by atoms with Crippen molar-refractivity contribution in [2.75, 3.05) is 0 Å². The van der Waals surface area contributed by atoms with Crippen LogP contribution in [0.5, 0.6) is 0 Å². The molecular weight excluding hydrogens is 450 g/mol. The molecule has 2 aromatic carbocycles. The predicted octanol–water partition coefficient (Wildman–Crippen LogP) is 3.83. The maximum absolute atomic E-state index is 9.17. The SMILES string of the molecule is Cc1cccc(C)c1-c1cc(C#N)nn1-c1[c-]cccc1.[Ir]. The number of aryl methyl sites for hydroxylation is 2. The summed E-state index contributed by atoms with van der Waals surface area (Å²) >= 11 is 0. The molecule has 3 rings (SSSR count). The van der Waals surface area contributed by atoms with Crippen LogP contribution in [0.4, 0.5) is 0 Å². The molecule has 0 unspecified atom stereocenters. The van der Waals surface area contributed by atoms with Gasteiger partial charge in [0, 0.05) is 31.7 Å². The van der Waals surface area contributed by atoms with Crippen molar-refractivity contribution in [3.05, 3.63) is 71.4 Å². The summed E-state index contributed by atoms with van der Waals surface area (Å²) in [5, 5.41) is 13.6. The van der Waals surface area contributed by atoms with E-state index in [1.165, 1.54) is 0 Å². The summed E-state index contributed by atoms with van der Waals surface area (Å²) in [5.74, 6) is 0. The van der Waals surface area contributed by atoms with Gasteiger partial charge in [-0.2, -0.15) is 34.6 Å². The van der Waals surface area contributed by atoms with Crippen LogP contribution in [0.25, 0.3) is 16.9 Å². The van der Waals surface area contributed by atoms with Gasteiger partial charge in [-0.1, -0.05) is 18.2 Å². The molecule has 0 saturated heterocycles. The van der Waals surface area contributed by atoms with E-state index in [0.717, 1.165) is 28.1 Å². The molecule has 0 amide bonds. The van der Waals surface area contributed by atoms with Crippen LogP contribution in [-0.2, 0) is 20.1 Å². The number of hydrogen-bond acceptors (Lipinski definition) is 2. The van der Waals surface area contributed by atoms with Gasteiger partial charge in [0.05, 0.1) is 5.69 Å². The first-order valence-corrected chi connectivity index (χ1v) is 6.74. The average Bonchev–Trinajstić information content (AvgIpc) is 2.92. The van der Waals surface area contributed by atoms with Crippen LogP contribution < -0.4 is 0 Å². The fraction of sp³-hybridized carbons (Fsp3) is 0.111. The standard InChI is InChI=1S/C18H14N3.Ir/c1-13-7-6-8-14(2)18(13)17-11-15(12-19)20-21(17)16-9-4-3-5-10-16;/h3-9,11H,1-2H3;/q-1;. The molecule has 0 aliphatic carbocycles. The van der Waals surface area contributed by atoms with Crippen LogP contribution in [0.2, 0.25) is 0 Å². The third-order valence-corrected chi connectivity index (χ3v) is 3.48. The Balaban J connectivity index is 0.00000176. The van der Waals surface area contributed by atoms with Gasteiger partial charge >= 0.3 is 0 Å². The monoisotopic (exact) mass is 465 g/mol. The Morgan fingerprint density at radius 3 is 2.41 bits per heavy atom. The molecule has 1 radical (unpaired) electrons. The van der Waals surface area contributed by atoms with Crippen LogP contribution in [0.15, 0.2) is 48.5 Å². The minimum Gasteiger partial charge on any atom is -0.256 e. The second-order valence-electron chi connectivity index (χ2n) is 4.95. The van der Waals surface area contributed by atoms with E-state index in [4.69, 9.17) is 0 Å². The summed E-state index contributed by atoms with van der Waals surface area (Å²) in [5.41, 5.74) is 5.60. The molecule has 0 N–H and O–H groups in total. The van der Waals surface area contributed by atoms with E-state index in [1.54, 1.807) is 4.68 Å². The van der Waals surface area contributed by atoms with Crippen molar-refractivity contribution in [3.8, 4) is 23.0 Å². The third kappa shape index (κ3) is 2.87. The van der Waals surface area contributed by atoms with Gasteiger partial charge in [0.25, 0.3) is 0 Å². The predicted molar refractivity (Wildman–Crippen MR) is 82.0 cm³/mol. The third-order valence-electron chi connectivity index (χ3n) is 3.48. The van der Waals surface area contributed by atoms with Crippen LogP contribution in [-0.4, -0.2) is 9.78 Å². The fourth-order valence-corrected chi connectivity index (χ4v) is 2.53. The van der Waals surface area contributed by atoms with Gasteiger partial charge in [0.1, 0.15) is 6.07 Å². The van der Waals surface area contributed by atoms with E-state index in [-0.39, 0.29) is 20.1 Å². The van der Waals surface area contributed by atoms with E-state index in [0.29, 0.717) is 5.69 Å². The van der Waals surface area contributed by atoms with Crippen molar-refractivity contribution in [2.45, 2.75) is 13.8 Å². The van der Waals surface area contributed by atoms with Gasteiger partial charge in [-0.15, -0.1) is 6.07 Å². The smallest absolute Gasteiger partial charge is 0.163 e. The maximum atomic E-state index is 9.17. The van der Waals surface area contributed by atoms with E-state index < -0.39 is 0 Å². The van der Waals surface area contributed by atoms with Crippen LogP contribution in [0, 0.1) is 31.2 Å². The zero-order valence-corrected chi connectivity index (χ0v) is 14.7. The summed E-state index contributed by atoms with van der Waals surface area (Å²) < 4.78 is 1.79. The number of benzene rings is 2. The van der Waals surface area contributed by atoms with Crippen molar-refractivity contribution < 1.29 is 20.1 Å². The van der Waals surface area contributed by atoms with Gasteiger partial charge in [-0.25, -0.2) is 0 Å². The zero-order valence-electron chi connectivity index (χ0n) is 12.3. The van der Waals surface area contributed by atoms with E-state index in [9.17, 15) is 5.26 Å². The van der Waals surface area contributed by atoms with Gasteiger partial charge in [-0.05, 0) is 30.7 Å². The van der Waals surface area contributed by atoms with Gasteiger partial charge < -0.3 is 0 Å². The van der Waals surface area contributed by atoms with E-state index in [2.05, 4.69) is 43.2 Å². The van der Waals surface area contributed by atoms with Crippen LogP contribution in [0.3, 0.4) is 0 Å². The van der Waals surface area contributed by atoms with Gasteiger partial charge in [0.15, 0.2) is 5.69 Å². The zero-order chi connectivity index (χ0) is 14.8. The molecule has 0 bridgehead atoms. The Labute approximate surface area is 143 Å². The first kappa shape index (κ1) is 16.2. The van der Waals surface area contributed by atoms with Gasteiger partial charge in [-0.3, -0.25) is 4.68 Å². The molecule has 0 atom stereocenters. The summed E-state index contributed by atoms with van der Waals surface area (Å²) in [6.45, 7) is 4.14. The minimum atomic E-state index is 0. The molecule has 111 valence electrons. The molecule has 3 nitrogen and oxygen atoms in total. The topological polar surface area (TPSA) is 41.6 Å². The van der Waals surface area contributed by atoms with Crippen LogP contribution >= 0.6 is 0 Å². The molecule has 4 heteroatoms. The van der Waals surface area contributed by atoms with Crippen molar-refractivity contribution in [2.24, 2.45) is 0 Å². The Kier molecular flexibility index (Phi) is 4.92. The molecular formula is C18H14IrN3-. The molecule has 0 aliphatic rings. The Bertz CT molecular complexity index is 809. The number of aromatic nitrogens is 2. The van der Waals surface area contributed by atoms with Crippen molar-refractivity contribution >= 4 is 0 Å². The van der Waals surface area contributed by atoms with Crippen molar-refractivity contribution in [1.82, 2.24) is 9.78 Å².